The summed E-state index contributed by atoms with van der Waals surface area (Å²) in [5.41, 5.74) is 0. The van der Waals surface area contributed by atoms with Gasteiger partial charge in [-0.05, 0) is 77.0 Å². The Hall–Kier alpha value is -2.20. The zero-order valence-electron chi connectivity index (χ0n) is 44.1. The summed E-state index contributed by atoms with van der Waals surface area (Å²) in [6.45, 7) is 3.88. The van der Waals surface area contributed by atoms with Crippen molar-refractivity contribution in [2.45, 2.75) is 269 Å². The van der Waals surface area contributed by atoms with E-state index in [1.165, 1.54) is 128 Å². The molecule has 12 nitrogen and oxygen atoms in total. The summed E-state index contributed by atoms with van der Waals surface area (Å²) in [7, 11) is -5.07. The molecule has 408 valence electrons. The smallest absolute Gasteiger partial charge is 0.397 e. The maximum absolute atomic E-state index is 12.9. The number of esters is 1. The molecule has 70 heavy (non-hydrogen) atoms. The van der Waals surface area contributed by atoms with Gasteiger partial charge in [0.2, 0.25) is 0 Å². The topological polar surface area (TPSA) is 178 Å². The van der Waals surface area contributed by atoms with Gasteiger partial charge in [0.05, 0.1) is 19.8 Å². The number of ether oxygens (including phenoxy) is 4. The quantitative estimate of drug-likeness (QED) is 0.0196. The van der Waals surface area contributed by atoms with E-state index in [9.17, 15) is 33.1 Å². The fourth-order valence-corrected chi connectivity index (χ4v) is 8.93. The molecule has 0 aliphatic carbocycles. The predicted octanol–water partition coefficient (Wildman–Crippen LogP) is 13.6. The molecule has 0 bridgehead atoms. The van der Waals surface area contributed by atoms with Crippen LogP contribution in [0.4, 0.5) is 0 Å². The van der Waals surface area contributed by atoms with Crippen LogP contribution >= 0.6 is 0 Å². The van der Waals surface area contributed by atoms with Crippen LogP contribution in [0.3, 0.4) is 0 Å². The average Bonchev–Trinajstić information content (AvgIpc) is 3.34. The van der Waals surface area contributed by atoms with E-state index in [1.807, 2.05) is 0 Å². The fourth-order valence-electron chi connectivity index (χ4n) is 8.42. The van der Waals surface area contributed by atoms with E-state index in [2.05, 4.69) is 78.8 Å². The highest BCUT2D eigenvalue weighted by Gasteiger charge is 2.48. The van der Waals surface area contributed by atoms with Crippen LogP contribution < -0.4 is 0 Å². The minimum atomic E-state index is -5.07. The van der Waals surface area contributed by atoms with Crippen molar-refractivity contribution in [3.8, 4) is 0 Å². The zero-order chi connectivity index (χ0) is 51.0. The summed E-state index contributed by atoms with van der Waals surface area (Å²) >= 11 is 0. The highest BCUT2D eigenvalue weighted by molar-refractivity contribution is 7.80. The van der Waals surface area contributed by atoms with E-state index in [1.54, 1.807) is 0 Å². The maximum atomic E-state index is 12.9. The van der Waals surface area contributed by atoms with Crippen molar-refractivity contribution < 1.29 is 56.2 Å². The Morgan fingerprint density at radius 1 is 0.557 bits per heavy atom. The van der Waals surface area contributed by atoms with Gasteiger partial charge in [-0.3, -0.25) is 9.35 Å². The van der Waals surface area contributed by atoms with Crippen LogP contribution in [0.5, 0.6) is 0 Å². The van der Waals surface area contributed by atoms with Gasteiger partial charge < -0.3 is 34.3 Å². The number of aliphatic hydroxyl groups excluding tert-OH is 3. The lowest BCUT2D eigenvalue weighted by Crippen LogP contribution is -2.60. The van der Waals surface area contributed by atoms with Gasteiger partial charge in [0, 0.05) is 13.0 Å². The Labute approximate surface area is 427 Å². The van der Waals surface area contributed by atoms with Crippen molar-refractivity contribution in [3.63, 3.8) is 0 Å². The van der Waals surface area contributed by atoms with Crippen LogP contribution in [0.2, 0.25) is 0 Å². The first-order chi connectivity index (χ1) is 34.1. The molecular weight excluding hydrogens is 909 g/mol. The molecule has 1 heterocycles. The second-order valence-corrected chi connectivity index (χ2v) is 20.2. The molecule has 6 unspecified atom stereocenters. The Balaban J connectivity index is 2.29. The van der Waals surface area contributed by atoms with Gasteiger partial charge in [-0.1, -0.05) is 209 Å². The standard InChI is InChI=1S/C57H102O12S/c1-3-5-7-9-11-13-15-17-19-21-22-23-24-25-26-27-28-29-31-33-35-37-39-41-43-45-47-65-49-51(50-66-57-55(61)56(69-70(62,63)64)54(60)52(48-58)68-57)67-53(59)46-44-42-40-38-36-34-32-30-20-18-16-14-12-10-8-6-4-2/h6,8,12,14-15,17-18,20-22,51-52,54-58,60-61H,3-5,7,9-11,13,16,19,23-50H2,1-2H3,(H,62,63,64)/b8-6-,14-12-,17-15-,20-18-,22-21-. The minimum Gasteiger partial charge on any atom is -0.457 e. The monoisotopic (exact) mass is 1010 g/mol. The summed E-state index contributed by atoms with van der Waals surface area (Å²) in [5, 5.41) is 30.8. The number of aliphatic hydroxyl groups is 3. The van der Waals surface area contributed by atoms with Crippen molar-refractivity contribution in [2.24, 2.45) is 0 Å². The summed E-state index contributed by atoms with van der Waals surface area (Å²) < 4.78 is 59.4. The van der Waals surface area contributed by atoms with Crippen molar-refractivity contribution in [1.29, 1.82) is 0 Å². The molecule has 0 spiro atoms. The second kappa shape index (κ2) is 47.8. The minimum absolute atomic E-state index is 0.0306. The molecule has 1 saturated heterocycles. The van der Waals surface area contributed by atoms with Crippen molar-refractivity contribution in [1.82, 2.24) is 0 Å². The molecule has 1 aliphatic heterocycles. The SMILES string of the molecule is CC/C=C\C/C=C\C/C=C\CCCCCCCCCC(=O)OC(COCCCCCCCCCCCCCCCC/C=C\C/C=C\CCCCCCC)COC1OC(CO)C(O)C(OS(=O)(=O)O)C1O. The first-order valence-corrected chi connectivity index (χ1v) is 29.4. The number of unbranched alkanes of at least 4 members (excludes halogenated alkanes) is 26. The van der Waals surface area contributed by atoms with Crippen LogP contribution in [-0.2, 0) is 38.3 Å². The molecule has 13 heteroatoms. The van der Waals surface area contributed by atoms with Crippen molar-refractivity contribution in [2.75, 3.05) is 26.4 Å². The number of carbonyl (C=O) groups excluding carboxylic acids is 1. The predicted molar refractivity (Wildman–Crippen MR) is 285 cm³/mol. The van der Waals surface area contributed by atoms with E-state index >= 15 is 0 Å². The third kappa shape index (κ3) is 40.3. The molecule has 4 N–H and O–H groups in total. The van der Waals surface area contributed by atoms with Crippen molar-refractivity contribution >= 4 is 16.4 Å². The number of carbonyl (C=O) groups is 1. The molecule has 0 aromatic carbocycles. The van der Waals surface area contributed by atoms with Crippen LogP contribution in [0.15, 0.2) is 60.8 Å². The van der Waals surface area contributed by atoms with Crippen LogP contribution in [-0.4, -0.2) is 97.5 Å². The van der Waals surface area contributed by atoms with E-state index in [4.69, 9.17) is 18.9 Å². The highest BCUT2D eigenvalue weighted by atomic mass is 32.3. The zero-order valence-corrected chi connectivity index (χ0v) is 44.9. The van der Waals surface area contributed by atoms with E-state index in [0.29, 0.717) is 13.0 Å². The molecular formula is C57H102O12S. The number of hydrogen-bond donors (Lipinski definition) is 4. The Morgan fingerprint density at radius 3 is 1.44 bits per heavy atom. The molecule has 0 amide bonds. The first kappa shape index (κ1) is 65.8. The van der Waals surface area contributed by atoms with Crippen molar-refractivity contribution in [3.05, 3.63) is 60.8 Å². The fraction of sp³-hybridized carbons (Fsp3) is 0.807. The first-order valence-electron chi connectivity index (χ1n) is 28.0. The van der Waals surface area contributed by atoms with Gasteiger partial charge in [0.15, 0.2) is 6.29 Å². The third-order valence-corrected chi connectivity index (χ3v) is 13.1. The number of rotatable bonds is 49. The molecule has 0 saturated carbocycles. The Morgan fingerprint density at radius 2 is 0.986 bits per heavy atom. The molecule has 0 radical (unpaired) electrons. The summed E-state index contributed by atoms with van der Waals surface area (Å²) in [6, 6.07) is 0. The average molecular weight is 1010 g/mol. The van der Waals surface area contributed by atoms with Crippen LogP contribution in [0.25, 0.3) is 0 Å². The van der Waals surface area contributed by atoms with E-state index in [-0.39, 0.29) is 19.6 Å². The van der Waals surface area contributed by atoms with Gasteiger partial charge in [0.25, 0.3) is 0 Å². The lowest BCUT2D eigenvalue weighted by molar-refractivity contribution is -0.301. The molecule has 1 aliphatic rings. The van der Waals surface area contributed by atoms with Gasteiger partial charge in [-0.25, -0.2) is 4.18 Å². The van der Waals surface area contributed by atoms with E-state index < -0.39 is 59.8 Å². The van der Waals surface area contributed by atoms with Gasteiger partial charge in [0.1, 0.15) is 30.5 Å². The third-order valence-electron chi connectivity index (χ3n) is 12.6. The summed E-state index contributed by atoms with van der Waals surface area (Å²) in [5.74, 6) is -0.408. The number of allylic oxidation sites excluding steroid dienone is 10. The second-order valence-electron chi connectivity index (χ2n) is 19.1. The highest BCUT2D eigenvalue weighted by Crippen LogP contribution is 2.26. The van der Waals surface area contributed by atoms with E-state index in [0.717, 1.165) is 77.0 Å². The summed E-state index contributed by atoms with van der Waals surface area (Å²) in [6.07, 6.45) is 52.6. The molecule has 1 fully saturated rings. The molecule has 0 aromatic heterocycles. The normalized spacial score (nSPS) is 19.5. The largest absolute Gasteiger partial charge is 0.457 e. The lowest BCUT2D eigenvalue weighted by Gasteiger charge is -2.41. The Bertz CT molecular complexity index is 1450. The summed E-state index contributed by atoms with van der Waals surface area (Å²) in [4.78, 5) is 12.9. The van der Waals surface area contributed by atoms with Gasteiger partial charge in [-0.15, -0.1) is 0 Å². The molecule has 6 atom stereocenters. The lowest BCUT2D eigenvalue weighted by atomic mass is 9.99. The number of hydrogen-bond acceptors (Lipinski definition) is 11. The van der Waals surface area contributed by atoms with Gasteiger partial charge >= 0.3 is 16.4 Å². The van der Waals surface area contributed by atoms with Crippen LogP contribution in [0, 0.1) is 0 Å². The van der Waals surface area contributed by atoms with Gasteiger partial charge in [-0.2, -0.15) is 8.42 Å². The Kier molecular flexibility index (Phi) is 44.9. The molecule has 1 rings (SSSR count). The molecule has 0 aromatic rings. The maximum Gasteiger partial charge on any atom is 0.397 e. The van der Waals surface area contributed by atoms with Crippen LogP contribution in [0.1, 0.15) is 232 Å².